The molecule has 6 nitrogen and oxygen atoms in total. The molecule has 7 aromatic carbocycles. The summed E-state index contributed by atoms with van der Waals surface area (Å²) in [5.41, 5.74) is 12.0. The van der Waals surface area contributed by atoms with E-state index in [1.54, 1.807) is 0 Å². The lowest BCUT2D eigenvalue weighted by Crippen LogP contribution is -2.32. The summed E-state index contributed by atoms with van der Waals surface area (Å²) >= 11 is 0. The van der Waals surface area contributed by atoms with E-state index in [9.17, 15) is 0 Å². The van der Waals surface area contributed by atoms with Crippen molar-refractivity contribution in [3.8, 4) is 79.3 Å². The monoisotopic (exact) mass is 717 g/mol. The lowest BCUT2D eigenvalue weighted by Gasteiger charge is -2.39. The van der Waals surface area contributed by atoms with Gasteiger partial charge in [-0.1, -0.05) is 164 Å². The van der Waals surface area contributed by atoms with Crippen molar-refractivity contribution in [1.82, 2.24) is 24.9 Å². The number of fused-ring (bicyclic) bond motifs is 9. The van der Waals surface area contributed by atoms with Crippen LogP contribution in [-0.2, 0) is 5.41 Å². The first kappa shape index (κ1) is 31.9. The Kier molecular flexibility index (Phi) is 7.29. The van der Waals surface area contributed by atoms with Gasteiger partial charge in [0.25, 0.3) is 0 Å². The van der Waals surface area contributed by atoms with Gasteiger partial charge in [0.15, 0.2) is 23.3 Å². The fourth-order valence-corrected chi connectivity index (χ4v) is 8.42. The van der Waals surface area contributed by atoms with Crippen molar-refractivity contribution in [1.29, 1.82) is 0 Å². The molecule has 56 heavy (non-hydrogen) atoms. The molecule has 2 aliphatic rings. The second kappa shape index (κ2) is 12.8. The van der Waals surface area contributed by atoms with Gasteiger partial charge in [-0.25, -0.2) is 24.9 Å². The average Bonchev–Trinajstić information content (AvgIpc) is 3.57. The fourth-order valence-electron chi connectivity index (χ4n) is 8.42. The normalized spacial score (nSPS) is 12.9. The lowest BCUT2D eigenvalue weighted by atomic mass is 9.66. The summed E-state index contributed by atoms with van der Waals surface area (Å²) in [6.45, 7) is 0. The van der Waals surface area contributed by atoms with E-state index in [-0.39, 0.29) is 0 Å². The standard InChI is InChI=1S/C50H31N5O/c1-3-14-33(15-4-1)46-51-30-36(31-52-46)32-26-28-35(29-27-32)48-53-47(34-16-5-2-6-17-34)54-49(55-48)39-20-13-24-43-45(39)56-44-25-12-11-23-42(44)50(43)40-21-9-7-18-37(40)38-19-8-10-22-41(38)50/h1-31H. The topological polar surface area (TPSA) is 73.7 Å². The molecule has 1 aliphatic carbocycles. The van der Waals surface area contributed by atoms with Crippen molar-refractivity contribution < 1.29 is 4.74 Å². The van der Waals surface area contributed by atoms with E-state index in [4.69, 9.17) is 19.7 Å². The molecule has 0 atom stereocenters. The molecule has 0 N–H and O–H groups in total. The fraction of sp³-hybridized carbons (Fsp3) is 0.0200. The summed E-state index contributed by atoms with van der Waals surface area (Å²) in [5, 5.41) is 0. The highest BCUT2D eigenvalue weighted by atomic mass is 16.5. The van der Waals surface area contributed by atoms with Crippen LogP contribution in [0, 0.1) is 0 Å². The molecule has 9 aromatic rings. The lowest BCUT2D eigenvalue weighted by molar-refractivity contribution is 0.437. The highest BCUT2D eigenvalue weighted by Gasteiger charge is 2.51. The first-order valence-corrected chi connectivity index (χ1v) is 18.7. The highest BCUT2D eigenvalue weighted by Crippen LogP contribution is 2.63. The van der Waals surface area contributed by atoms with Gasteiger partial charge < -0.3 is 4.74 Å². The SMILES string of the molecule is c1ccc(-c2ncc(-c3ccc(-c4nc(-c5ccccc5)nc(-c5cccc6c5Oc5ccccc5C65c6ccccc6-c6ccccc65)n4)cc3)cn2)cc1. The average molecular weight is 718 g/mol. The van der Waals surface area contributed by atoms with Crippen LogP contribution in [0.4, 0.5) is 0 Å². The number of ether oxygens (including phenoxy) is 1. The van der Waals surface area contributed by atoms with Gasteiger partial charge in [0.05, 0.1) is 11.0 Å². The number of hydrogen-bond donors (Lipinski definition) is 0. The van der Waals surface area contributed by atoms with Crippen LogP contribution < -0.4 is 4.74 Å². The van der Waals surface area contributed by atoms with E-state index < -0.39 is 5.41 Å². The minimum absolute atomic E-state index is 0.536. The van der Waals surface area contributed by atoms with Crippen LogP contribution in [0.1, 0.15) is 22.3 Å². The van der Waals surface area contributed by atoms with Crippen LogP contribution in [0.25, 0.3) is 67.8 Å². The first-order valence-electron chi connectivity index (χ1n) is 18.7. The zero-order valence-corrected chi connectivity index (χ0v) is 30.0. The second-order valence-corrected chi connectivity index (χ2v) is 14.0. The van der Waals surface area contributed by atoms with E-state index in [1.807, 2.05) is 91.3 Å². The predicted octanol–water partition coefficient (Wildman–Crippen LogP) is 11.5. The van der Waals surface area contributed by atoms with E-state index in [2.05, 4.69) is 107 Å². The summed E-state index contributed by atoms with van der Waals surface area (Å²) in [6, 6.07) is 60.5. The number of nitrogens with zero attached hydrogens (tertiary/aromatic N) is 5. The Bertz CT molecular complexity index is 2880. The summed E-state index contributed by atoms with van der Waals surface area (Å²) < 4.78 is 6.96. The summed E-state index contributed by atoms with van der Waals surface area (Å²) in [7, 11) is 0. The van der Waals surface area contributed by atoms with Gasteiger partial charge >= 0.3 is 0 Å². The number of para-hydroxylation sites is 2. The van der Waals surface area contributed by atoms with Crippen molar-refractivity contribution in [3.05, 3.63) is 211 Å². The Morgan fingerprint density at radius 1 is 0.321 bits per heavy atom. The molecule has 0 saturated heterocycles. The Hall–Kier alpha value is -7.57. The van der Waals surface area contributed by atoms with Crippen molar-refractivity contribution in [2.24, 2.45) is 0 Å². The highest BCUT2D eigenvalue weighted by molar-refractivity contribution is 5.90. The summed E-state index contributed by atoms with van der Waals surface area (Å²) in [6.07, 6.45) is 3.73. The molecule has 1 aliphatic heterocycles. The molecule has 0 bridgehead atoms. The molecule has 1 spiro atoms. The van der Waals surface area contributed by atoms with Gasteiger partial charge in [-0.05, 0) is 39.9 Å². The molecule has 0 radical (unpaired) electrons. The zero-order chi connectivity index (χ0) is 37.1. The molecule has 0 unspecified atom stereocenters. The third-order valence-corrected chi connectivity index (χ3v) is 10.9. The Balaban J connectivity index is 1.06. The Labute approximate surface area is 323 Å². The molecule has 11 rings (SSSR count). The van der Waals surface area contributed by atoms with Gasteiger partial charge in [0.1, 0.15) is 11.5 Å². The van der Waals surface area contributed by atoms with Gasteiger partial charge in [-0.2, -0.15) is 0 Å². The van der Waals surface area contributed by atoms with Crippen molar-refractivity contribution >= 4 is 0 Å². The number of aromatic nitrogens is 5. The number of rotatable bonds is 5. The van der Waals surface area contributed by atoms with Gasteiger partial charge in [-0.15, -0.1) is 0 Å². The molecular formula is C50H31N5O. The van der Waals surface area contributed by atoms with Crippen molar-refractivity contribution in [2.45, 2.75) is 5.41 Å². The Morgan fingerprint density at radius 2 is 0.786 bits per heavy atom. The molecule has 0 saturated carbocycles. The molecule has 2 aromatic heterocycles. The van der Waals surface area contributed by atoms with E-state index in [0.29, 0.717) is 23.3 Å². The minimum atomic E-state index is -0.593. The maximum atomic E-state index is 6.96. The van der Waals surface area contributed by atoms with Crippen LogP contribution in [0.5, 0.6) is 11.5 Å². The predicted molar refractivity (Wildman–Crippen MR) is 220 cm³/mol. The zero-order valence-electron chi connectivity index (χ0n) is 30.0. The maximum absolute atomic E-state index is 6.96. The third kappa shape index (κ3) is 4.93. The number of benzene rings is 7. The summed E-state index contributed by atoms with van der Waals surface area (Å²) in [4.78, 5) is 24.7. The van der Waals surface area contributed by atoms with E-state index >= 15 is 0 Å². The molecule has 3 heterocycles. The number of hydrogen-bond acceptors (Lipinski definition) is 6. The van der Waals surface area contributed by atoms with E-state index in [1.165, 1.54) is 22.3 Å². The van der Waals surface area contributed by atoms with Gasteiger partial charge in [-0.3, -0.25) is 0 Å². The van der Waals surface area contributed by atoms with Crippen LogP contribution in [-0.4, -0.2) is 24.9 Å². The first-order chi connectivity index (χ1) is 27.8. The van der Waals surface area contributed by atoms with Gasteiger partial charge in [0.2, 0.25) is 0 Å². The molecule has 0 fully saturated rings. The van der Waals surface area contributed by atoms with Crippen molar-refractivity contribution in [2.75, 3.05) is 0 Å². The molecule has 0 amide bonds. The molecule has 262 valence electrons. The second-order valence-electron chi connectivity index (χ2n) is 14.0. The van der Waals surface area contributed by atoms with Crippen LogP contribution in [0.15, 0.2) is 188 Å². The van der Waals surface area contributed by atoms with Crippen molar-refractivity contribution in [3.63, 3.8) is 0 Å². The quantitative estimate of drug-likeness (QED) is 0.176. The van der Waals surface area contributed by atoms with Crippen LogP contribution in [0.2, 0.25) is 0 Å². The Morgan fingerprint density at radius 3 is 1.43 bits per heavy atom. The largest absolute Gasteiger partial charge is 0.456 e. The van der Waals surface area contributed by atoms with Crippen LogP contribution >= 0.6 is 0 Å². The van der Waals surface area contributed by atoms with Crippen LogP contribution in [0.3, 0.4) is 0 Å². The van der Waals surface area contributed by atoms with Gasteiger partial charge in [0, 0.05) is 45.8 Å². The molecular weight excluding hydrogens is 687 g/mol. The molecule has 6 heteroatoms. The maximum Gasteiger partial charge on any atom is 0.167 e. The third-order valence-electron chi connectivity index (χ3n) is 10.9. The smallest absolute Gasteiger partial charge is 0.167 e. The minimum Gasteiger partial charge on any atom is -0.456 e. The van der Waals surface area contributed by atoms with E-state index in [0.717, 1.165) is 56.0 Å². The summed E-state index contributed by atoms with van der Waals surface area (Å²) in [5.74, 6) is 3.93.